The highest BCUT2D eigenvalue weighted by Gasteiger charge is 2.26. The van der Waals surface area contributed by atoms with Gasteiger partial charge < -0.3 is 9.67 Å². The number of benzene rings is 8. The smallest absolute Gasteiger partial charge is 0.149 e. The molecule has 0 amide bonds. The molecular weight excluding hydrogens is 829 g/mol. The van der Waals surface area contributed by atoms with E-state index in [4.69, 9.17) is 14.1 Å². The summed E-state index contributed by atoms with van der Waals surface area (Å²) in [5.74, 6) is 0.745. The standard InChI is InChI=1S/C63H54N4O/c1-40-25-27-41(28-26-40)43-31-32-64-54(36-43)45-33-44(34-47(35-45)63(5,6)7)49-22-16-24-57-60(49)65-61(67(57)56-30-29-46(62(2,3)4)37-51(56)42-17-10-8-11-18-42)53-38-52-50-21-14-15-23-55(50)66(58(52)39-59(53)68)48-19-12-9-13-20-48/h8-39,68H,1-7H3/i1D3. The lowest BCUT2D eigenvalue weighted by Crippen LogP contribution is -2.12. The summed E-state index contributed by atoms with van der Waals surface area (Å²) in [6, 6.07) is 64.2. The summed E-state index contributed by atoms with van der Waals surface area (Å²) in [6.07, 6.45) is 1.82. The molecule has 5 nitrogen and oxygen atoms in total. The maximum atomic E-state index is 12.5. The fourth-order valence-electron chi connectivity index (χ4n) is 9.64. The van der Waals surface area contributed by atoms with Gasteiger partial charge in [-0.1, -0.05) is 162 Å². The van der Waals surface area contributed by atoms with Crippen molar-refractivity contribution >= 4 is 32.8 Å². The van der Waals surface area contributed by atoms with Crippen LogP contribution in [0.2, 0.25) is 0 Å². The zero-order valence-corrected chi connectivity index (χ0v) is 39.2. The monoisotopic (exact) mass is 885 g/mol. The minimum atomic E-state index is -2.18. The molecule has 0 saturated heterocycles. The fraction of sp³-hybridized carbons (Fsp3) is 0.143. The van der Waals surface area contributed by atoms with Gasteiger partial charge in [0.25, 0.3) is 0 Å². The van der Waals surface area contributed by atoms with Crippen LogP contribution in [-0.2, 0) is 10.8 Å². The number of hydrogen-bond acceptors (Lipinski definition) is 3. The first kappa shape index (κ1) is 39.2. The summed E-state index contributed by atoms with van der Waals surface area (Å²) in [6.45, 7) is 11.2. The number of imidazole rings is 1. The first-order chi connectivity index (χ1) is 34.0. The zero-order valence-electron chi connectivity index (χ0n) is 42.2. The Hall–Kier alpha value is -8.02. The van der Waals surface area contributed by atoms with Crippen LogP contribution in [0.3, 0.4) is 0 Å². The van der Waals surface area contributed by atoms with Crippen molar-refractivity contribution in [3.8, 4) is 73.2 Å². The van der Waals surface area contributed by atoms with Crippen LogP contribution in [-0.4, -0.2) is 24.2 Å². The molecule has 0 radical (unpaired) electrons. The molecule has 0 bridgehead atoms. The van der Waals surface area contributed by atoms with Gasteiger partial charge in [0.15, 0.2) is 0 Å². The van der Waals surface area contributed by atoms with Crippen molar-refractivity contribution < 1.29 is 9.22 Å². The molecule has 68 heavy (non-hydrogen) atoms. The van der Waals surface area contributed by atoms with Gasteiger partial charge in [0.05, 0.1) is 39.0 Å². The number of phenolic OH excluding ortho intramolecular Hbond substituents is 1. The van der Waals surface area contributed by atoms with Gasteiger partial charge in [0.2, 0.25) is 0 Å². The minimum absolute atomic E-state index is 0.111. The van der Waals surface area contributed by atoms with Gasteiger partial charge in [0.1, 0.15) is 11.6 Å². The van der Waals surface area contributed by atoms with Crippen LogP contribution in [0.1, 0.15) is 62.3 Å². The number of pyridine rings is 1. The fourth-order valence-corrected chi connectivity index (χ4v) is 9.64. The molecular formula is C63H54N4O. The second-order valence-corrected chi connectivity index (χ2v) is 19.9. The number of para-hydroxylation sites is 3. The second-order valence-electron chi connectivity index (χ2n) is 19.9. The van der Waals surface area contributed by atoms with E-state index in [1.54, 1.807) is 12.1 Å². The van der Waals surface area contributed by atoms with Crippen molar-refractivity contribution in [3.05, 3.63) is 211 Å². The van der Waals surface area contributed by atoms with Gasteiger partial charge in [-0.3, -0.25) is 9.55 Å². The number of nitrogens with zero attached hydrogens (tertiary/aromatic N) is 4. The first-order valence-corrected chi connectivity index (χ1v) is 23.3. The summed E-state index contributed by atoms with van der Waals surface area (Å²) >= 11 is 0. The van der Waals surface area contributed by atoms with E-state index >= 15 is 0 Å². The zero-order chi connectivity index (χ0) is 49.4. The maximum Gasteiger partial charge on any atom is 0.149 e. The minimum Gasteiger partial charge on any atom is -0.507 e. The largest absolute Gasteiger partial charge is 0.507 e. The van der Waals surface area contributed by atoms with Crippen molar-refractivity contribution in [2.24, 2.45) is 0 Å². The lowest BCUT2D eigenvalue weighted by atomic mass is 9.83. The predicted octanol–water partition coefficient (Wildman–Crippen LogP) is 16.5. The van der Waals surface area contributed by atoms with E-state index in [0.29, 0.717) is 17.0 Å². The normalized spacial score (nSPS) is 12.9. The Labute approximate surface area is 402 Å². The molecule has 8 aromatic carbocycles. The van der Waals surface area contributed by atoms with Crippen LogP contribution >= 0.6 is 0 Å². The molecule has 3 aromatic heterocycles. The number of hydrogen-bond donors (Lipinski definition) is 1. The molecule has 11 rings (SSSR count). The molecule has 0 aliphatic carbocycles. The summed E-state index contributed by atoms with van der Waals surface area (Å²) in [7, 11) is 0. The average molecular weight is 886 g/mol. The van der Waals surface area contributed by atoms with E-state index in [1.165, 1.54) is 5.56 Å². The summed E-state index contributed by atoms with van der Waals surface area (Å²) < 4.78 is 28.1. The summed E-state index contributed by atoms with van der Waals surface area (Å²) in [5, 5.41) is 14.6. The Morgan fingerprint density at radius 3 is 1.93 bits per heavy atom. The highest BCUT2D eigenvalue weighted by Crippen LogP contribution is 2.45. The summed E-state index contributed by atoms with van der Waals surface area (Å²) in [5.41, 5.74) is 16.2. The van der Waals surface area contributed by atoms with E-state index in [2.05, 4.69) is 178 Å². The number of aryl methyl sites for hydroxylation is 1. The molecule has 0 spiro atoms. The molecule has 0 fully saturated rings. The van der Waals surface area contributed by atoms with Crippen molar-refractivity contribution in [2.75, 3.05) is 0 Å². The summed E-state index contributed by atoms with van der Waals surface area (Å²) in [4.78, 5) is 10.6. The van der Waals surface area contributed by atoms with Crippen LogP contribution in [0.5, 0.6) is 5.75 Å². The van der Waals surface area contributed by atoms with E-state index < -0.39 is 6.85 Å². The molecule has 0 unspecified atom stereocenters. The maximum absolute atomic E-state index is 12.5. The number of phenols is 1. The Kier molecular flexibility index (Phi) is 9.44. The number of aromatic hydroxyl groups is 1. The van der Waals surface area contributed by atoms with Crippen molar-refractivity contribution in [1.82, 2.24) is 19.1 Å². The third-order valence-corrected chi connectivity index (χ3v) is 13.3. The molecule has 332 valence electrons. The molecule has 5 heteroatoms. The van der Waals surface area contributed by atoms with Gasteiger partial charge in [-0.25, -0.2) is 4.98 Å². The highest BCUT2D eigenvalue weighted by molar-refractivity contribution is 6.11. The third kappa shape index (κ3) is 7.54. The highest BCUT2D eigenvalue weighted by atomic mass is 16.3. The van der Waals surface area contributed by atoms with E-state index in [-0.39, 0.29) is 16.6 Å². The van der Waals surface area contributed by atoms with E-state index in [9.17, 15) is 5.11 Å². The number of fused-ring (bicyclic) bond motifs is 4. The van der Waals surface area contributed by atoms with E-state index in [0.717, 1.165) is 94.4 Å². The van der Waals surface area contributed by atoms with Crippen LogP contribution in [0.4, 0.5) is 0 Å². The van der Waals surface area contributed by atoms with Crippen LogP contribution in [0.15, 0.2) is 194 Å². The first-order valence-electron chi connectivity index (χ1n) is 24.8. The van der Waals surface area contributed by atoms with Crippen LogP contribution in [0, 0.1) is 6.85 Å². The molecule has 0 atom stereocenters. The average Bonchev–Trinajstić information content (AvgIpc) is 3.91. The van der Waals surface area contributed by atoms with Crippen molar-refractivity contribution in [1.29, 1.82) is 0 Å². The lowest BCUT2D eigenvalue weighted by Gasteiger charge is -2.23. The Morgan fingerprint density at radius 2 is 1.18 bits per heavy atom. The van der Waals surface area contributed by atoms with Gasteiger partial charge in [-0.05, 0) is 118 Å². The second kappa shape index (κ2) is 16.4. The third-order valence-electron chi connectivity index (χ3n) is 13.3. The molecule has 0 saturated carbocycles. The van der Waals surface area contributed by atoms with Crippen LogP contribution in [0.25, 0.3) is 100 Å². The van der Waals surface area contributed by atoms with Gasteiger partial charge in [0, 0.05) is 49.5 Å². The predicted molar refractivity (Wildman–Crippen MR) is 284 cm³/mol. The van der Waals surface area contributed by atoms with E-state index in [1.807, 2.05) is 54.7 Å². The Balaban J connectivity index is 1.17. The molecule has 1 N–H and O–H groups in total. The van der Waals surface area contributed by atoms with Crippen molar-refractivity contribution in [2.45, 2.75) is 59.2 Å². The van der Waals surface area contributed by atoms with Crippen LogP contribution < -0.4 is 0 Å². The van der Waals surface area contributed by atoms with Gasteiger partial charge >= 0.3 is 0 Å². The van der Waals surface area contributed by atoms with Gasteiger partial charge in [-0.2, -0.15) is 0 Å². The molecule has 3 heterocycles. The molecule has 0 aliphatic heterocycles. The quantitative estimate of drug-likeness (QED) is 0.173. The molecule has 11 aromatic rings. The number of rotatable bonds is 7. The number of aromatic nitrogens is 4. The van der Waals surface area contributed by atoms with Crippen molar-refractivity contribution in [3.63, 3.8) is 0 Å². The SMILES string of the molecule is [2H]C([2H])([2H])c1ccc(-c2ccnc(-c3cc(-c4cccc5c4nc(-c4cc6c7ccccc7n(-c7ccccc7)c6cc4O)n5-c4ccc(C(C)(C)C)cc4-c4ccccc4)cc(C(C)(C)C)c3)c2)cc1. The topological polar surface area (TPSA) is 55.9 Å². The molecule has 0 aliphatic rings. The lowest BCUT2D eigenvalue weighted by molar-refractivity contribution is 0.477. The Bertz CT molecular complexity index is 3820. The van der Waals surface area contributed by atoms with Gasteiger partial charge in [-0.15, -0.1) is 0 Å². The Morgan fingerprint density at radius 1 is 0.471 bits per heavy atom.